The van der Waals surface area contributed by atoms with Crippen molar-refractivity contribution in [2.45, 2.75) is 12.8 Å². The SMILES string of the molecule is C=C(F)C(=O)OCOc1ccc(/C=C/OCOc2ccc3c(c2)C(C)c2cc(OC(=O)/C=C/c4ccc(OCOC(=O)C(=C)F)cc4)ccc2-3)cc1. The molecule has 0 saturated heterocycles. The number of hydrogen-bond donors (Lipinski definition) is 0. The molecular formula is C40H32F2O10. The molecule has 0 aromatic heterocycles. The molecule has 1 aliphatic rings. The van der Waals surface area contributed by atoms with Gasteiger partial charge in [0.2, 0.25) is 32.0 Å². The second kappa shape index (κ2) is 17.3. The molecular weight excluding hydrogens is 678 g/mol. The van der Waals surface area contributed by atoms with E-state index in [4.69, 9.17) is 23.7 Å². The first-order valence-electron chi connectivity index (χ1n) is 15.7. The van der Waals surface area contributed by atoms with Crippen molar-refractivity contribution in [3.05, 3.63) is 144 Å². The van der Waals surface area contributed by atoms with Gasteiger partial charge < -0.3 is 33.2 Å². The molecule has 1 unspecified atom stereocenters. The number of benzene rings is 4. The van der Waals surface area contributed by atoms with E-state index in [9.17, 15) is 23.2 Å². The van der Waals surface area contributed by atoms with Crippen molar-refractivity contribution in [3.8, 4) is 34.1 Å². The van der Waals surface area contributed by atoms with Crippen LogP contribution in [-0.2, 0) is 28.6 Å². The first kappa shape index (κ1) is 36.6. The van der Waals surface area contributed by atoms with Gasteiger partial charge in [-0.25, -0.2) is 14.4 Å². The first-order valence-corrected chi connectivity index (χ1v) is 15.7. The minimum Gasteiger partial charge on any atom is -0.465 e. The Morgan fingerprint density at radius 1 is 0.635 bits per heavy atom. The fraction of sp³-hybridized carbons (Fsp3) is 0.125. The summed E-state index contributed by atoms with van der Waals surface area (Å²) in [6.07, 6.45) is 6.12. The van der Waals surface area contributed by atoms with Gasteiger partial charge in [0.15, 0.2) is 0 Å². The number of fused-ring (bicyclic) bond motifs is 3. The van der Waals surface area contributed by atoms with Crippen LogP contribution in [0.15, 0.2) is 122 Å². The summed E-state index contributed by atoms with van der Waals surface area (Å²) < 4.78 is 61.7. The van der Waals surface area contributed by atoms with Crippen LogP contribution in [-0.4, -0.2) is 38.3 Å². The number of hydrogen-bond acceptors (Lipinski definition) is 10. The van der Waals surface area contributed by atoms with Crippen LogP contribution >= 0.6 is 0 Å². The second-order valence-corrected chi connectivity index (χ2v) is 11.0. The third-order valence-corrected chi connectivity index (χ3v) is 7.58. The molecule has 266 valence electrons. The smallest absolute Gasteiger partial charge is 0.369 e. The van der Waals surface area contributed by atoms with E-state index in [1.807, 2.05) is 30.3 Å². The van der Waals surface area contributed by atoms with Crippen molar-refractivity contribution in [1.29, 1.82) is 0 Å². The van der Waals surface area contributed by atoms with Crippen molar-refractivity contribution in [3.63, 3.8) is 0 Å². The van der Waals surface area contributed by atoms with Gasteiger partial charge in [-0.1, -0.05) is 56.5 Å². The van der Waals surface area contributed by atoms with Gasteiger partial charge in [0.1, 0.15) is 23.0 Å². The lowest BCUT2D eigenvalue weighted by atomic mass is 9.99. The zero-order valence-corrected chi connectivity index (χ0v) is 27.8. The fourth-order valence-electron chi connectivity index (χ4n) is 5.00. The number of rotatable bonds is 16. The summed E-state index contributed by atoms with van der Waals surface area (Å²) >= 11 is 0. The molecule has 0 fully saturated rings. The Labute approximate surface area is 297 Å². The minimum atomic E-state index is -1.21. The Hall–Kier alpha value is -6.69. The van der Waals surface area contributed by atoms with E-state index >= 15 is 0 Å². The van der Waals surface area contributed by atoms with Gasteiger partial charge >= 0.3 is 17.9 Å². The molecule has 1 aliphatic carbocycles. The largest absolute Gasteiger partial charge is 0.465 e. The normalized spacial score (nSPS) is 12.8. The monoisotopic (exact) mass is 710 g/mol. The van der Waals surface area contributed by atoms with Crippen molar-refractivity contribution in [2.75, 3.05) is 20.4 Å². The summed E-state index contributed by atoms with van der Waals surface area (Å²) in [5.74, 6) is -3.47. The van der Waals surface area contributed by atoms with E-state index in [1.165, 1.54) is 12.3 Å². The maximum Gasteiger partial charge on any atom is 0.369 e. The van der Waals surface area contributed by atoms with Crippen LogP contribution in [0.5, 0.6) is 23.0 Å². The average Bonchev–Trinajstić information content (AvgIpc) is 3.41. The average molecular weight is 711 g/mol. The number of esters is 3. The highest BCUT2D eigenvalue weighted by atomic mass is 19.1. The van der Waals surface area contributed by atoms with Crippen molar-refractivity contribution in [2.24, 2.45) is 0 Å². The molecule has 0 radical (unpaired) electrons. The molecule has 0 aliphatic heterocycles. The zero-order valence-electron chi connectivity index (χ0n) is 27.8. The molecule has 0 amide bonds. The summed E-state index contributed by atoms with van der Waals surface area (Å²) in [5.41, 5.74) is 5.69. The summed E-state index contributed by atoms with van der Waals surface area (Å²) in [6.45, 7) is 6.83. The zero-order chi connectivity index (χ0) is 37.0. The van der Waals surface area contributed by atoms with E-state index < -0.39 is 43.1 Å². The maximum atomic E-state index is 12.6. The number of carbonyl (C=O) groups is 3. The lowest BCUT2D eigenvalue weighted by molar-refractivity contribution is -0.148. The fourth-order valence-corrected chi connectivity index (χ4v) is 5.00. The molecule has 0 N–H and O–H groups in total. The topological polar surface area (TPSA) is 116 Å². The quantitative estimate of drug-likeness (QED) is 0.0282. The third-order valence-electron chi connectivity index (χ3n) is 7.58. The first-order chi connectivity index (χ1) is 25.1. The second-order valence-electron chi connectivity index (χ2n) is 11.0. The van der Waals surface area contributed by atoms with Crippen molar-refractivity contribution >= 4 is 30.1 Å². The van der Waals surface area contributed by atoms with Crippen LogP contribution < -0.4 is 18.9 Å². The summed E-state index contributed by atoms with van der Waals surface area (Å²) in [6, 6.07) is 24.8. The third kappa shape index (κ3) is 9.94. The van der Waals surface area contributed by atoms with Crippen LogP contribution in [0, 0.1) is 0 Å². The van der Waals surface area contributed by atoms with E-state index in [-0.39, 0.29) is 12.7 Å². The summed E-state index contributed by atoms with van der Waals surface area (Å²) in [7, 11) is 0. The highest BCUT2D eigenvalue weighted by molar-refractivity contribution is 5.89. The van der Waals surface area contributed by atoms with Gasteiger partial charge in [-0.05, 0) is 94.1 Å². The Morgan fingerprint density at radius 2 is 1.10 bits per heavy atom. The highest BCUT2D eigenvalue weighted by Gasteiger charge is 2.26. The van der Waals surface area contributed by atoms with Crippen LogP contribution in [0.2, 0.25) is 0 Å². The predicted octanol–water partition coefficient (Wildman–Crippen LogP) is 8.19. The lowest BCUT2D eigenvalue weighted by Gasteiger charge is -2.10. The van der Waals surface area contributed by atoms with Gasteiger partial charge in [0.05, 0.1) is 6.26 Å². The number of halogens is 2. The molecule has 5 rings (SSSR count). The minimum absolute atomic E-state index is 0.0192. The number of carbonyl (C=O) groups excluding carboxylic acids is 3. The standard InChI is InChI=1S/C40H32F2O10/c1-25-36-20-32(47-22-46-19-18-29-6-11-31(12-7-29)49-24-51-40(45)27(3)42)13-15-34(36)35-16-14-33(21-37(25)35)52-38(43)17-8-28-4-9-30(10-5-28)48-23-50-39(44)26(2)41/h4-21,25H,2-3,22-24H2,1H3/b17-8+,19-18+. The Bertz CT molecular complexity index is 2020. The molecule has 4 aromatic carbocycles. The van der Waals surface area contributed by atoms with Crippen LogP contribution in [0.1, 0.15) is 35.1 Å². The molecule has 10 nitrogen and oxygen atoms in total. The van der Waals surface area contributed by atoms with Crippen LogP contribution in [0.25, 0.3) is 23.3 Å². The molecule has 1 atom stereocenters. The van der Waals surface area contributed by atoms with Crippen LogP contribution in [0.3, 0.4) is 0 Å². The Kier molecular flexibility index (Phi) is 12.2. The lowest BCUT2D eigenvalue weighted by Crippen LogP contribution is -2.10. The van der Waals surface area contributed by atoms with E-state index in [0.717, 1.165) is 27.8 Å². The van der Waals surface area contributed by atoms with Gasteiger partial charge in [0, 0.05) is 12.0 Å². The Morgan fingerprint density at radius 3 is 1.63 bits per heavy atom. The summed E-state index contributed by atoms with van der Waals surface area (Å²) in [5, 5.41) is 0. The van der Waals surface area contributed by atoms with Gasteiger partial charge in [-0.2, -0.15) is 8.78 Å². The molecule has 4 aromatic rings. The summed E-state index contributed by atoms with van der Waals surface area (Å²) in [4.78, 5) is 34.7. The van der Waals surface area contributed by atoms with Crippen molar-refractivity contribution in [1.82, 2.24) is 0 Å². The van der Waals surface area contributed by atoms with Gasteiger partial charge in [-0.15, -0.1) is 0 Å². The molecule has 0 spiro atoms. The van der Waals surface area contributed by atoms with Crippen molar-refractivity contribution < 1.29 is 56.3 Å². The van der Waals surface area contributed by atoms with Gasteiger partial charge in [0.25, 0.3) is 0 Å². The molecule has 0 heterocycles. The Balaban J connectivity index is 1.07. The molecule has 12 heteroatoms. The molecule has 0 bridgehead atoms. The highest BCUT2D eigenvalue weighted by Crippen LogP contribution is 2.47. The predicted molar refractivity (Wildman–Crippen MR) is 186 cm³/mol. The molecule has 0 saturated carbocycles. The van der Waals surface area contributed by atoms with E-state index in [2.05, 4.69) is 29.6 Å². The van der Waals surface area contributed by atoms with E-state index in [0.29, 0.717) is 28.6 Å². The maximum absolute atomic E-state index is 12.6. The molecule has 52 heavy (non-hydrogen) atoms. The van der Waals surface area contributed by atoms with E-state index in [1.54, 1.807) is 66.7 Å². The van der Waals surface area contributed by atoms with Gasteiger partial charge in [-0.3, -0.25) is 0 Å². The number of ether oxygens (including phenoxy) is 7. The van der Waals surface area contributed by atoms with Crippen LogP contribution in [0.4, 0.5) is 8.78 Å².